The molecule has 0 bridgehead atoms. The normalized spacial score (nSPS) is 17.8. The summed E-state index contributed by atoms with van der Waals surface area (Å²) in [4.78, 5) is 77.2. The van der Waals surface area contributed by atoms with Crippen molar-refractivity contribution in [1.82, 2.24) is 25.3 Å². The van der Waals surface area contributed by atoms with E-state index in [1.165, 1.54) is 19.8 Å². The van der Waals surface area contributed by atoms with Crippen LogP contribution >= 0.6 is 0 Å². The lowest BCUT2D eigenvalue weighted by Gasteiger charge is -2.41. The number of carbonyl (C=O) groups excluding carboxylic acids is 5. The fourth-order valence-corrected chi connectivity index (χ4v) is 9.18. The molecule has 2 aromatic rings. The van der Waals surface area contributed by atoms with Crippen LogP contribution in [0.25, 0.3) is 0 Å². The van der Waals surface area contributed by atoms with Crippen LogP contribution in [-0.2, 0) is 51.0 Å². The van der Waals surface area contributed by atoms with Gasteiger partial charge in [-0.25, -0.2) is 4.79 Å². The second-order valence-electron chi connectivity index (χ2n) is 18.6. The number of likely N-dealkylation sites (tertiary alicyclic amines) is 1. The van der Waals surface area contributed by atoms with E-state index in [4.69, 9.17) is 14.2 Å². The quantitative estimate of drug-likeness (QED) is 0.127. The molecular formula is C50H80N6O8. The number of carbonyl (C=O) groups is 5. The van der Waals surface area contributed by atoms with E-state index in [-0.39, 0.29) is 54.2 Å². The third kappa shape index (κ3) is 14.5. The minimum Gasteiger partial charge on any atom is -0.467 e. The van der Waals surface area contributed by atoms with Gasteiger partial charge in [0.05, 0.1) is 49.8 Å². The molecule has 1 aliphatic rings. The van der Waals surface area contributed by atoms with Crippen molar-refractivity contribution in [3.8, 4) is 0 Å². The van der Waals surface area contributed by atoms with E-state index < -0.39 is 54.3 Å². The zero-order valence-corrected chi connectivity index (χ0v) is 41.3. The van der Waals surface area contributed by atoms with Gasteiger partial charge in [-0.3, -0.25) is 24.1 Å². The Kier molecular flexibility index (Phi) is 21.7. The number of nitrogens with one attached hydrogen (secondary N) is 2. The predicted molar refractivity (Wildman–Crippen MR) is 253 cm³/mol. The molecule has 0 spiro atoms. The molecule has 358 valence electrons. The average Bonchev–Trinajstić information content (AvgIpc) is 3.76. The molecule has 1 aliphatic heterocycles. The minimum atomic E-state index is -0.898. The van der Waals surface area contributed by atoms with Crippen molar-refractivity contribution in [3.05, 3.63) is 65.7 Å². The number of ether oxygens (including phenoxy) is 3. The Morgan fingerprint density at radius 1 is 0.797 bits per heavy atom. The Morgan fingerprint density at radius 3 is 1.97 bits per heavy atom. The maximum absolute atomic E-state index is 14.6. The van der Waals surface area contributed by atoms with Crippen molar-refractivity contribution in [2.45, 2.75) is 129 Å². The molecule has 14 nitrogen and oxygen atoms in total. The number of hydrogen-bond acceptors (Lipinski definition) is 10. The van der Waals surface area contributed by atoms with Crippen molar-refractivity contribution in [3.63, 3.8) is 0 Å². The van der Waals surface area contributed by atoms with Gasteiger partial charge in [0.15, 0.2) is 0 Å². The van der Waals surface area contributed by atoms with Crippen molar-refractivity contribution < 1.29 is 38.2 Å². The summed E-state index contributed by atoms with van der Waals surface area (Å²) in [5, 5.41) is 6.02. The summed E-state index contributed by atoms with van der Waals surface area (Å²) in [6, 6.07) is 14.8. The molecule has 0 aliphatic carbocycles. The standard InChI is InChI=1S/C50H80N6O8/c1-15-34(6)45(55(11)49(60)43(32(2)3)52-48(59)44(33(4)5)54(10)29-27-36-23-25-38(26-24-36)53(8)9)41(62-12)31-42(57)56-28-19-22-40(56)46(63-13)35(7)47(58)51-39(50(61)64-14)30-37-20-17-16-18-21-37/h16-18,20-21,23-26,32-35,39-41,43-46H,15,19,22,27-31H2,1-14H3,(H,51,58)(H,52,59)/t34-,35+,39-,40-,41+,43-,44-,45-,46+/m0/s1. The van der Waals surface area contributed by atoms with Gasteiger partial charge < -0.3 is 39.5 Å². The highest BCUT2D eigenvalue weighted by molar-refractivity contribution is 5.90. The van der Waals surface area contributed by atoms with Gasteiger partial charge in [0.1, 0.15) is 12.1 Å². The van der Waals surface area contributed by atoms with E-state index in [1.54, 1.807) is 30.9 Å². The van der Waals surface area contributed by atoms with Gasteiger partial charge >= 0.3 is 5.97 Å². The van der Waals surface area contributed by atoms with Crippen LogP contribution in [0.5, 0.6) is 0 Å². The summed E-state index contributed by atoms with van der Waals surface area (Å²) >= 11 is 0. The number of amides is 4. The first-order chi connectivity index (χ1) is 30.3. The molecule has 4 amide bonds. The first kappa shape index (κ1) is 53.8. The van der Waals surface area contributed by atoms with E-state index >= 15 is 0 Å². The van der Waals surface area contributed by atoms with E-state index in [2.05, 4.69) is 44.7 Å². The number of nitrogens with zero attached hydrogens (tertiary/aromatic N) is 4. The van der Waals surface area contributed by atoms with Crippen molar-refractivity contribution in [2.24, 2.45) is 23.7 Å². The number of methoxy groups -OCH3 is 3. The molecule has 9 atom stereocenters. The van der Waals surface area contributed by atoms with Gasteiger partial charge in [-0.2, -0.15) is 0 Å². The van der Waals surface area contributed by atoms with Crippen LogP contribution in [-0.4, -0.2) is 149 Å². The monoisotopic (exact) mass is 893 g/mol. The summed E-state index contributed by atoms with van der Waals surface area (Å²) in [6.07, 6.45) is 1.78. The first-order valence-corrected chi connectivity index (χ1v) is 23.1. The Hall–Kier alpha value is -4.53. The number of rotatable bonds is 25. The van der Waals surface area contributed by atoms with Crippen LogP contribution in [0.2, 0.25) is 0 Å². The van der Waals surface area contributed by atoms with Crippen LogP contribution in [0.3, 0.4) is 0 Å². The topological polar surface area (TPSA) is 150 Å². The predicted octanol–water partition coefficient (Wildman–Crippen LogP) is 5.21. The molecule has 1 saturated heterocycles. The molecule has 1 fully saturated rings. The van der Waals surface area contributed by atoms with Crippen LogP contribution < -0.4 is 15.5 Å². The highest BCUT2D eigenvalue weighted by Crippen LogP contribution is 2.30. The van der Waals surface area contributed by atoms with Gasteiger partial charge in [-0.1, -0.05) is 97.4 Å². The second-order valence-corrected chi connectivity index (χ2v) is 18.6. The Bertz CT molecular complexity index is 1770. The van der Waals surface area contributed by atoms with Crippen LogP contribution in [0, 0.1) is 23.7 Å². The maximum Gasteiger partial charge on any atom is 0.328 e. The van der Waals surface area contributed by atoms with Crippen LogP contribution in [0.4, 0.5) is 5.69 Å². The van der Waals surface area contributed by atoms with Crippen LogP contribution in [0.15, 0.2) is 54.6 Å². The molecular weight excluding hydrogens is 813 g/mol. The molecule has 0 aromatic heterocycles. The number of likely N-dealkylation sites (N-methyl/N-ethyl adjacent to an activating group) is 2. The average molecular weight is 893 g/mol. The van der Waals surface area contributed by atoms with Crippen molar-refractivity contribution in [1.29, 1.82) is 0 Å². The third-order valence-corrected chi connectivity index (χ3v) is 13.2. The second kappa shape index (κ2) is 25.8. The zero-order chi connectivity index (χ0) is 47.8. The summed E-state index contributed by atoms with van der Waals surface area (Å²) < 4.78 is 17.1. The van der Waals surface area contributed by atoms with Gasteiger partial charge in [0.25, 0.3) is 0 Å². The molecule has 0 saturated carbocycles. The lowest BCUT2D eigenvalue weighted by molar-refractivity contribution is -0.149. The first-order valence-electron chi connectivity index (χ1n) is 23.1. The van der Waals surface area contributed by atoms with E-state index in [0.29, 0.717) is 25.9 Å². The number of anilines is 1. The largest absolute Gasteiger partial charge is 0.467 e. The highest BCUT2D eigenvalue weighted by atomic mass is 16.5. The summed E-state index contributed by atoms with van der Waals surface area (Å²) in [7, 11) is 12.1. The lowest BCUT2D eigenvalue weighted by Crippen LogP contribution is -2.60. The molecule has 0 radical (unpaired) electrons. The molecule has 0 unspecified atom stereocenters. The number of hydrogen-bond donors (Lipinski definition) is 2. The van der Waals surface area contributed by atoms with Crippen molar-refractivity contribution in [2.75, 3.05) is 67.5 Å². The maximum atomic E-state index is 14.6. The van der Waals surface area contributed by atoms with Gasteiger partial charge in [0, 0.05) is 60.6 Å². The minimum absolute atomic E-state index is 0.00504. The summed E-state index contributed by atoms with van der Waals surface area (Å²) in [5.41, 5.74) is 3.18. The zero-order valence-electron chi connectivity index (χ0n) is 41.3. The Labute approximate surface area is 384 Å². The van der Waals surface area contributed by atoms with E-state index in [0.717, 1.165) is 24.1 Å². The smallest absolute Gasteiger partial charge is 0.328 e. The van der Waals surface area contributed by atoms with Crippen molar-refractivity contribution >= 4 is 35.3 Å². The molecule has 1 heterocycles. The van der Waals surface area contributed by atoms with Crippen LogP contribution in [0.1, 0.15) is 85.3 Å². The Morgan fingerprint density at radius 2 is 1.44 bits per heavy atom. The fourth-order valence-electron chi connectivity index (χ4n) is 9.18. The highest BCUT2D eigenvalue weighted by Gasteiger charge is 2.43. The summed E-state index contributed by atoms with van der Waals surface area (Å²) in [5.74, 6) is -2.54. The molecule has 2 aromatic carbocycles. The molecule has 64 heavy (non-hydrogen) atoms. The number of benzene rings is 2. The SMILES string of the molecule is CC[C@H](C)[C@@H]([C@@H](CC(=O)N1CCC[C@H]1[C@H](OC)[C@@H](C)C(=O)N[C@@H](Cc1ccccc1)C(=O)OC)OC)N(C)C(=O)[C@@H](NC(=O)[C@H](C(C)C)N(C)CCc1ccc(N(C)C)cc1)C(C)C. The van der Waals surface area contributed by atoms with Gasteiger partial charge in [-0.05, 0) is 67.3 Å². The lowest BCUT2D eigenvalue weighted by atomic mass is 9.89. The Balaban J connectivity index is 1.76. The fraction of sp³-hybridized carbons (Fsp3) is 0.660. The number of esters is 1. The summed E-state index contributed by atoms with van der Waals surface area (Å²) in [6.45, 7) is 14.9. The van der Waals surface area contributed by atoms with Gasteiger partial charge in [0.2, 0.25) is 23.6 Å². The van der Waals surface area contributed by atoms with E-state index in [9.17, 15) is 24.0 Å². The van der Waals surface area contributed by atoms with Gasteiger partial charge in [-0.15, -0.1) is 0 Å². The molecule has 3 rings (SSSR count). The van der Waals surface area contributed by atoms with E-state index in [1.807, 2.05) is 93.0 Å². The molecule has 2 N–H and O–H groups in total. The third-order valence-electron chi connectivity index (χ3n) is 13.2. The molecule has 14 heteroatoms.